The molecule has 0 unspecified atom stereocenters. The minimum atomic E-state index is -1.42. The molecule has 0 saturated carbocycles. The van der Waals surface area contributed by atoms with Crippen molar-refractivity contribution in [2.24, 2.45) is 0 Å². The number of hydrogen-bond donors (Lipinski definition) is 3. The Morgan fingerprint density at radius 3 is 2.21 bits per heavy atom. The van der Waals surface area contributed by atoms with Gasteiger partial charge < -0.3 is 25.3 Å². The molecule has 0 radical (unpaired) electrons. The molecule has 0 bridgehead atoms. The van der Waals surface area contributed by atoms with Gasteiger partial charge in [0.2, 0.25) is 5.91 Å². The molecule has 1 saturated heterocycles. The number of nitrogens with one attached hydrogen (secondary N) is 1. The van der Waals surface area contributed by atoms with Gasteiger partial charge in [-0.15, -0.1) is 11.8 Å². The Kier molecular flexibility index (Phi) is 8.27. The van der Waals surface area contributed by atoms with E-state index >= 15 is 0 Å². The monoisotopic (exact) mass is 537 g/mol. The van der Waals surface area contributed by atoms with Crippen LogP contribution in [0.5, 0.6) is 0 Å². The van der Waals surface area contributed by atoms with Crippen LogP contribution >= 0.6 is 11.8 Å². The topological polar surface area (TPSA) is 127 Å². The number of nitrogens with zero attached hydrogens (tertiary/aromatic N) is 2. The second-order valence-electron chi connectivity index (χ2n) is 8.49. The largest absolute Gasteiger partial charge is 0.478 e. The molecule has 1 fully saturated rings. The van der Waals surface area contributed by atoms with Gasteiger partial charge >= 0.3 is 11.9 Å². The highest BCUT2D eigenvalue weighted by Gasteiger charge is 2.22. The van der Waals surface area contributed by atoms with Crippen molar-refractivity contribution in [2.45, 2.75) is 4.90 Å². The maximum absolute atomic E-state index is 13.2. The van der Waals surface area contributed by atoms with Crippen LogP contribution in [0.25, 0.3) is 0 Å². The predicted octanol–water partition coefficient (Wildman–Crippen LogP) is 3.92. The van der Waals surface area contributed by atoms with Crippen molar-refractivity contribution in [2.75, 3.05) is 42.1 Å². The van der Waals surface area contributed by atoms with Crippen LogP contribution in [0, 0.1) is 5.82 Å². The van der Waals surface area contributed by atoms with E-state index in [0.29, 0.717) is 31.9 Å². The molecule has 9 nitrogen and oxygen atoms in total. The summed E-state index contributed by atoms with van der Waals surface area (Å²) in [5.74, 6) is -3.52. The summed E-state index contributed by atoms with van der Waals surface area (Å²) < 4.78 is 13.2. The molecule has 1 aliphatic rings. The lowest BCUT2D eigenvalue weighted by molar-refractivity contribution is -0.128. The molecule has 0 spiro atoms. The van der Waals surface area contributed by atoms with Crippen molar-refractivity contribution in [3.63, 3.8) is 0 Å². The number of carboxylic acid groups (broad SMARTS) is 2. The highest BCUT2D eigenvalue weighted by atomic mass is 32.2. The zero-order chi connectivity index (χ0) is 27.2. The first-order chi connectivity index (χ1) is 18.2. The first-order valence-electron chi connectivity index (χ1n) is 11.6. The number of halogens is 1. The number of thioether (sulfide) groups is 1. The van der Waals surface area contributed by atoms with Gasteiger partial charge in [-0.05, 0) is 60.7 Å². The minimum absolute atomic E-state index is 0.0205. The van der Waals surface area contributed by atoms with Gasteiger partial charge in [-0.3, -0.25) is 9.59 Å². The Bertz CT molecular complexity index is 1370. The summed E-state index contributed by atoms with van der Waals surface area (Å²) >= 11 is 1.31. The number of anilines is 2. The molecule has 1 heterocycles. The minimum Gasteiger partial charge on any atom is -0.478 e. The van der Waals surface area contributed by atoms with Gasteiger partial charge in [0.05, 0.1) is 22.4 Å². The van der Waals surface area contributed by atoms with Gasteiger partial charge in [-0.1, -0.05) is 6.07 Å². The third kappa shape index (κ3) is 6.48. The molecular weight excluding hydrogens is 513 g/mol. The number of carbonyl (C=O) groups excluding carboxylic acids is 2. The Hall–Kier alpha value is -4.38. The first kappa shape index (κ1) is 26.7. The molecule has 3 aromatic carbocycles. The van der Waals surface area contributed by atoms with Crippen molar-refractivity contribution >= 4 is 46.9 Å². The standard InChI is InChI=1S/C27H24FN3O6S/c28-18-5-7-20(8-6-18)30-10-12-31(13-11-30)24(32)16-38-21-3-1-2-19(15-21)29-25(33)22-9-4-17(26(34)35)14-23(22)27(36)37/h1-9,14-15H,10-13,16H2,(H,29,33)(H,34,35)(H,36,37). The van der Waals surface area contributed by atoms with E-state index in [-0.39, 0.29) is 28.6 Å². The van der Waals surface area contributed by atoms with Gasteiger partial charge in [0.25, 0.3) is 5.91 Å². The lowest BCUT2D eigenvalue weighted by atomic mass is 10.0. The van der Waals surface area contributed by atoms with E-state index in [1.54, 1.807) is 41.3 Å². The second-order valence-corrected chi connectivity index (χ2v) is 9.53. The number of aromatic carboxylic acids is 2. The molecule has 0 aromatic heterocycles. The van der Waals surface area contributed by atoms with Crippen LogP contribution in [0.15, 0.2) is 71.6 Å². The predicted molar refractivity (Wildman–Crippen MR) is 141 cm³/mol. The maximum atomic E-state index is 13.2. The smallest absolute Gasteiger partial charge is 0.336 e. The number of benzene rings is 3. The number of carboxylic acids is 2. The number of hydrogen-bond acceptors (Lipinski definition) is 6. The fourth-order valence-corrected chi connectivity index (χ4v) is 4.87. The van der Waals surface area contributed by atoms with Crippen molar-refractivity contribution in [3.8, 4) is 0 Å². The molecule has 3 N–H and O–H groups in total. The summed E-state index contributed by atoms with van der Waals surface area (Å²) in [6.45, 7) is 2.41. The zero-order valence-corrected chi connectivity index (χ0v) is 20.9. The van der Waals surface area contributed by atoms with E-state index in [9.17, 15) is 28.7 Å². The lowest BCUT2D eigenvalue weighted by Gasteiger charge is -2.36. The van der Waals surface area contributed by atoms with Crippen molar-refractivity contribution in [3.05, 3.63) is 89.2 Å². The van der Waals surface area contributed by atoms with Crippen LogP contribution in [-0.2, 0) is 4.79 Å². The van der Waals surface area contributed by atoms with E-state index in [1.165, 1.54) is 30.0 Å². The molecule has 0 aliphatic carbocycles. The van der Waals surface area contributed by atoms with Crippen LogP contribution in [0.2, 0.25) is 0 Å². The fraction of sp³-hybridized carbons (Fsp3) is 0.185. The maximum Gasteiger partial charge on any atom is 0.336 e. The number of piperazine rings is 1. The third-order valence-electron chi connectivity index (χ3n) is 6.02. The average molecular weight is 538 g/mol. The van der Waals surface area contributed by atoms with Crippen LogP contribution in [-0.4, -0.2) is 70.8 Å². The van der Waals surface area contributed by atoms with Crippen molar-refractivity contribution in [1.29, 1.82) is 0 Å². The Morgan fingerprint density at radius 2 is 1.55 bits per heavy atom. The van der Waals surface area contributed by atoms with E-state index in [2.05, 4.69) is 10.2 Å². The number of rotatable bonds is 8. The zero-order valence-electron chi connectivity index (χ0n) is 20.1. The van der Waals surface area contributed by atoms with Crippen LogP contribution in [0.1, 0.15) is 31.1 Å². The molecule has 196 valence electrons. The fourth-order valence-electron chi connectivity index (χ4n) is 4.02. The van der Waals surface area contributed by atoms with Gasteiger partial charge in [-0.25, -0.2) is 14.0 Å². The van der Waals surface area contributed by atoms with E-state index < -0.39 is 23.4 Å². The third-order valence-corrected chi connectivity index (χ3v) is 7.00. The normalized spacial score (nSPS) is 13.2. The highest BCUT2D eigenvalue weighted by molar-refractivity contribution is 8.00. The summed E-state index contributed by atoms with van der Waals surface area (Å²) in [5.41, 5.74) is 0.492. The Morgan fingerprint density at radius 1 is 0.842 bits per heavy atom. The molecule has 38 heavy (non-hydrogen) atoms. The molecule has 11 heteroatoms. The Balaban J connectivity index is 1.33. The number of amides is 2. The SMILES string of the molecule is O=C(O)c1ccc(C(=O)Nc2cccc(SCC(=O)N3CCN(c4ccc(F)cc4)CC3)c2)c(C(=O)O)c1. The summed E-state index contributed by atoms with van der Waals surface area (Å²) in [6, 6.07) is 16.4. The van der Waals surface area contributed by atoms with Crippen molar-refractivity contribution < 1.29 is 33.8 Å². The average Bonchev–Trinajstić information content (AvgIpc) is 2.92. The van der Waals surface area contributed by atoms with E-state index in [4.69, 9.17) is 5.11 Å². The van der Waals surface area contributed by atoms with Gasteiger partial charge in [0, 0.05) is 42.4 Å². The summed E-state index contributed by atoms with van der Waals surface area (Å²) in [5, 5.41) is 21.1. The van der Waals surface area contributed by atoms with Gasteiger partial charge in [-0.2, -0.15) is 0 Å². The molecular formula is C27H24FN3O6S. The second kappa shape index (κ2) is 11.8. The summed E-state index contributed by atoms with van der Waals surface area (Å²) in [4.78, 5) is 52.8. The molecule has 1 aliphatic heterocycles. The van der Waals surface area contributed by atoms with E-state index in [0.717, 1.165) is 22.7 Å². The molecule has 4 rings (SSSR count). The van der Waals surface area contributed by atoms with Gasteiger partial charge in [0.15, 0.2) is 0 Å². The summed E-state index contributed by atoms with van der Waals surface area (Å²) in [7, 11) is 0. The quantitative estimate of drug-likeness (QED) is 0.369. The van der Waals surface area contributed by atoms with Crippen molar-refractivity contribution in [1.82, 2.24) is 4.90 Å². The van der Waals surface area contributed by atoms with E-state index in [1.807, 2.05) is 0 Å². The highest BCUT2D eigenvalue weighted by Crippen LogP contribution is 2.24. The van der Waals surface area contributed by atoms with Gasteiger partial charge in [0.1, 0.15) is 5.82 Å². The Labute approximate surface area is 221 Å². The van der Waals surface area contributed by atoms with Crippen LogP contribution in [0.4, 0.5) is 15.8 Å². The lowest BCUT2D eigenvalue weighted by Crippen LogP contribution is -2.49. The molecule has 3 aromatic rings. The molecule has 0 atom stereocenters. The molecule has 2 amide bonds. The van der Waals surface area contributed by atoms with Crippen LogP contribution in [0.3, 0.4) is 0 Å². The first-order valence-corrected chi connectivity index (χ1v) is 12.6. The number of carbonyl (C=O) groups is 4. The van der Waals surface area contributed by atoms with Crippen LogP contribution < -0.4 is 10.2 Å². The summed E-state index contributed by atoms with van der Waals surface area (Å²) in [6.07, 6.45) is 0.